The Morgan fingerprint density at radius 3 is 2.44 bits per heavy atom. The fraction of sp³-hybridized carbons (Fsp3) is 0.250. The highest BCUT2D eigenvalue weighted by Crippen LogP contribution is 2.40. The predicted molar refractivity (Wildman–Crippen MR) is 86.4 cm³/mol. The average Bonchev–Trinajstić information content (AvgIpc) is 3.09. The molecule has 0 aliphatic rings. The molecule has 2 heterocycles. The van der Waals surface area contributed by atoms with Crippen LogP contribution in [0.5, 0.6) is 5.75 Å². The molecule has 5 nitrogen and oxygen atoms in total. The molecule has 0 atom stereocenters. The number of carboxylic acid groups (broad SMARTS) is 1. The van der Waals surface area contributed by atoms with E-state index in [0.717, 1.165) is 4.40 Å². The van der Waals surface area contributed by atoms with Gasteiger partial charge in [-0.1, -0.05) is 18.3 Å². The van der Waals surface area contributed by atoms with E-state index >= 15 is 0 Å². The van der Waals surface area contributed by atoms with Crippen molar-refractivity contribution in [2.75, 3.05) is 7.11 Å². The molecule has 0 fully saturated rings. The van der Waals surface area contributed by atoms with Crippen LogP contribution in [0.1, 0.15) is 28.0 Å². The summed E-state index contributed by atoms with van der Waals surface area (Å²) >= 11 is 0.519. The number of hydrogen-bond donors (Lipinski definition) is 1. The van der Waals surface area contributed by atoms with Gasteiger partial charge in [-0.2, -0.15) is 13.2 Å². The molecule has 0 spiro atoms. The molecule has 0 radical (unpaired) electrons. The summed E-state index contributed by atoms with van der Waals surface area (Å²) in [5, 5.41) is 9.11. The number of benzene rings is 1. The Kier molecular flexibility index (Phi) is 4.19. The van der Waals surface area contributed by atoms with E-state index in [4.69, 9.17) is 9.84 Å². The Bertz CT molecular complexity index is 942. The van der Waals surface area contributed by atoms with Gasteiger partial charge in [0.25, 0.3) is 0 Å². The summed E-state index contributed by atoms with van der Waals surface area (Å²) in [5.74, 6) is -0.997. The third-order valence-electron chi connectivity index (χ3n) is 3.74. The number of carbonyl (C=O) groups is 1. The highest BCUT2D eigenvalue weighted by Gasteiger charge is 2.41. The van der Waals surface area contributed by atoms with Crippen LogP contribution in [0.15, 0.2) is 24.3 Å². The predicted octanol–water partition coefficient (Wildman–Crippen LogP) is 4.35. The Labute approximate surface area is 144 Å². The van der Waals surface area contributed by atoms with Gasteiger partial charge in [-0.05, 0) is 30.7 Å². The number of alkyl halides is 3. The molecule has 25 heavy (non-hydrogen) atoms. The molecule has 9 heteroatoms. The third kappa shape index (κ3) is 2.84. The van der Waals surface area contributed by atoms with E-state index in [-0.39, 0.29) is 11.4 Å². The normalized spacial score (nSPS) is 11.9. The number of ether oxygens (including phenoxy) is 1. The molecule has 0 amide bonds. The van der Waals surface area contributed by atoms with Crippen LogP contribution >= 0.6 is 11.3 Å². The number of hydrogen-bond acceptors (Lipinski definition) is 4. The standard InChI is InChI=1S/C16H13F3N2O3S/c1-3-10-11(8-4-6-9(24-2)7-5-8)20-15-21(10)13(16(17,18)19)12(25-15)14(22)23/h4-7H,3H2,1-2H3,(H,22,23). The van der Waals surface area contributed by atoms with Gasteiger partial charge in [0.1, 0.15) is 10.6 Å². The SMILES string of the molecule is CCc1c(-c2ccc(OC)cc2)nc2sc(C(=O)O)c(C(F)(F)F)n12. The Balaban J connectivity index is 2.29. The van der Waals surface area contributed by atoms with Gasteiger partial charge in [0, 0.05) is 5.56 Å². The van der Waals surface area contributed by atoms with Crippen molar-refractivity contribution in [3.63, 3.8) is 0 Å². The lowest BCUT2D eigenvalue weighted by Crippen LogP contribution is -2.15. The van der Waals surface area contributed by atoms with Gasteiger partial charge in [-0.3, -0.25) is 4.40 Å². The first-order valence-corrected chi connectivity index (χ1v) is 8.08. The lowest BCUT2D eigenvalue weighted by molar-refractivity contribution is -0.142. The van der Waals surface area contributed by atoms with Crippen molar-refractivity contribution < 1.29 is 27.8 Å². The Morgan fingerprint density at radius 1 is 1.32 bits per heavy atom. The van der Waals surface area contributed by atoms with E-state index in [0.29, 0.717) is 34.0 Å². The van der Waals surface area contributed by atoms with E-state index in [1.54, 1.807) is 31.2 Å². The van der Waals surface area contributed by atoms with Crippen molar-refractivity contribution in [1.29, 1.82) is 0 Å². The minimum absolute atomic E-state index is 0.00685. The second kappa shape index (κ2) is 6.07. The van der Waals surface area contributed by atoms with Crippen LogP contribution in [0.3, 0.4) is 0 Å². The number of carboxylic acids is 1. The summed E-state index contributed by atoms with van der Waals surface area (Å²) in [4.78, 5) is 14.7. The van der Waals surface area contributed by atoms with E-state index in [1.807, 2.05) is 0 Å². The fourth-order valence-corrected chi connectivity index (χ4v) is 3.68. The van der Waals surface area contributed by atoms with E-state index in [1.165, 1.54) is 7.11 Å². The summed E-state index contributed by atoms with van der Waals surface area (Å²) in [6.07, 6.45) is -4.53. The summed E-state index contributed by atoms with van der Waals surface area (Å²) in [7, 11) is 1.52. The van der Waals surface area contributed by atoms with Crippen LogP contribution in [0.2, 0.25) is 0 Å². The number of aryl methyl sites for hydroxylation is 1. The molecule has 1 aromatic carbocycles. The number of imidazole rings is 1. The van der Waals surface area contributed by atoms with Gasteiger partial charge in [0.05, 0.1) is 18.5 Å². The maximum atomic E-state index is 13.5. The Morgan fingerprint density at radius 2 is 1.96 bits per heavy atom. The van der Waals surface area contributed by atoms with Crippen LogP contribution in [0.25, 0.3) is 16.2 Å². The molecule has 0 bridgehead atoms. The first kappa shape index (κ1) is 17.3. The van der Waals surface area contributed by atoms with Crippen LogP contribution in [0.4, 0.5) is 13.2 Å². The molecule has 0 aliphatic heterocycles. The van der Waals surface area contributed by atoms with Gasteiger partial charge < -0.3 is 9.84 Å². The summed E-state index contributed by atoms with van der Waals surface area (Å²) in [5.41, 5.74) is 0.165. The molecule has 2 aromatic heterocycles. The van der Waals surface area contributed by atoms with Gasteiger partial charge in [-0.25, -0.2) is 9.78 Å². The minimum Gasteiger partial charge on any atom is -0.497 e. The summed E-state index contributed by atoms with van der Waals surface area (Å²) in [6, 6.07) is 6.79. The highest BCUT2D eigenvalue weighted by molar-refractivity contribution is 7.19. The van der Waals surface area contributed by atoms with Crippen molar-refractivity contribution in [2.24, 2.45) is 0 Å². The van der Waals surface area contributed by atoms with Crippen molar-refractivity contribution in [2.45, 2.75) is 19.5 Å². The second-order valence-corrected chi connectivity index (χ2v) is 6.17. The zero-order valence-corrected chi connectivity index (χ0v) is 14.0. The van der Waals surface area contributed by atoms with Crippen LogP contribution in [0, 0.1) is 0 Å². The number of aromatic nitrogens is 2. The van der Waals surface area contributed by atoms with E-state index in [2.05, 4.69) is 4.98 Å². The molecule has 1 N–H and O–H groups in total. The van der Waals surface area contributed by atoms with Gasteiger partial charge >= 0.3 is 12.1 Å². The minimum atomic E-state index is -4.80. The lowest BCUT2D eigenvalue weighted by Gasteiger charge is -2.09. The molecule has 0 aliphatic carbocycles. The largest absolute Gasteiger partial charge is 0.497 e. The highest BCUT2D eigenvalue weighted by atomic mass is 32.1. The molecular weight excluding hydrogens is 357 g/mol. The zero-order valence-electron chi connectivity index (χ0n) is 13.2. The number of halogens is 3. The first-order chi connectivity index (χ1) is 11.8. The zero-order chi connectivity index (χ0) is 18.4. The smallest absolute Gasteiger partial charge is 0.433 e. The van der Waals surface area contributed by atoms with Crippen molar-refractivity contribution >= 4 is 22.3 Å². The van der Waals surface area contributed by atoms with Crippen molar-refractivity contribution in [1.82, 2.24) is 9.38 Å². The average molecular weight is 370 g/mol. The number of nitrogens with zero attached hydrogens (tertiary/aromatic N) is 2. The lowest BCUT2D eigenvalue weighted by atomic mass is 10.1. The number of methoxy groups -OCH3 is 1. The van der Waals surface area contributed by atoms with Gasteiger partial charge in [0.2, 0.25) is 0 Å². The number of rotatable bonds is 4. The summed E-state index contributed by atoms with van der Waals surface area (Å²) < 4.78 is 46.4. The molecule has 0 unspecified atom stereocenters. The van der Waals surface area contributed by atoms with Crippen molar-refractivity contribution in [3.8, 4) is 17.0 Å². The topological polar surface area (TPSA) is 63.8 Å². The summed E-state index contributed by atoms with van der Waals surface area (Å²) in [6.45, 7) is 1.70. The maximum absolute atomic E-state index is 13.5. The second-order valence-electron chi connectivity index (χ2n) is 5.19. The number of aromatic carboxylic acids is 1. The first-order valence-electron chi connectivity index (χ1n) is 7.27. The molecule has 3 aromatic rings. The Hall–Kier alpha value is -2.55. The van der Waals surface area contributed by atoms with Crippen LogP contribution in [-0.2, 0) is 12.6 Å². The third-order valence-corrected chi connectivity index (χ3v) is 4.76. The van der Waals surface area contributed by atoms with Crippen molar-refractivity contribution in [3.05, 3.63) is 40.5 Å². The fourth-order valence-electron chi connectivity index (χ4n) is 2.68. The number of thiazole rings is 1. The van der Waals surface area contributed by atoms with E-state index in [9.17, 15) is 18.0 Å². The van der Waals surface area contributed by atoms with Gasteiger partial charge in [-0.15, -0.1) is 0 Å². The quantitative estimate of drug-likeness (QED) is 0.742. The van der Waals surface area contributed by atoms with Crippen LogP contribution < -0.4 is 4.74 Å². The van der Waals surface area contributed by atoms with E-state index < -0.39 is 22.7 Å². The molecular formula is C16H13F3N2O3S. The van der Waals surface area contributed by atoms with Crippen LogP contribution in [-0.4, -0.2) is 27.6 Å². The number of fused-ring (bicyclic) bond motifs is 1. The molecule has 132 valence electrons. The molecule has 0 saturated heterocycles. The molecule has 0 saturated carbocycles. The van der Waals surface area contributed by atoms with Gasteiger partial charge in [0.15, 0.2) is 10.7 Å². The monoisotopic (exact) mass is 370 g/mol. The molecule has 3 rings (SSSR count). The maximum Gasteiger partial charge on any atom is 0.433 e.